The quantitative estimate of drug-likeness (QED) is 0.439. The largest absolute Gasteiger partial charge is 0.359 e. The van der Waals surface area contributed by atoms with Crippen molar-refractivity contribution in [3.63, 3.8) is 0 Å². The molecule has 0 spiro atoms. The van der Waals surface area contributed by atoms with Crippen LogP contribution in [0.5, 0.6) is 0 Å². The first-order valence-electron chi connectivity index (χ1n) is 10.0. The van der Waals surface area contributed by atoms with Crippen LogP contribution in [-0.4, -0.2) is 29.5 Å². The van der Waals surface area contributed by atoms with Gasteiger partial charge < -0.3 is 10.2 Å². The Labute approximate surface area is 180 Å². The van der Waals surface area contributed by atoms with E-state index in [2.05, 4.69) is 40.4 Å². The standard InChI is InChI=1S/C24H24N4OS/c1-3-17-9-11-19(12-10-17)27-22(29)13-14-28(2)23-20-15-21(18-7-5-4-6-8-18)30-24(20)26-16-25-23/h4-12,15-16H,3,13-14H2,1-2H3,(H,27,29). The maximum atomic E-state index is 12.4. The summed E-state index contributed by atoms with van der Waals surface area (Å²) in [6.45, 7) is 2.69. The highest BCUT2D eigenvalue weighted by molar-refractivity contribution is 7.21. The number of aromatic nitrogens is 2. The normalized spacial score (nSPS) is 10.9. The summed E-state index contributed by atoms with van der Waals surface area (Å²) in [6, 6.07) is 20.4. The summed E-state index contributed by atoms with van der Waals surface area (Å²) < 4.78 is 0. The van der Waals surface area contributed by atoms with Crippen molar-refractivity contribution >= 4 is 39.0 Å². The van der Waals surface area contributed by atoms with E-state index in [1.807, 2.05) is 54.4 Å². The zero-order valence-electron chi connectivity index (χ0n) is 17.1. The topological polar surface area (TPSA) is 58.1 Å². The minimum atomic E-state index is -0.00769. The molecule has 152 valence electrons. The van der Waals surface area contributed by atoms with E-state index in [1.54, 1.807) is 17.7 Å². The molecule has 4 aromatic rings. The molecular weight excluding hydrogens is 392 g/mol. The summed E-state index contributed by atoms with van der Waals surface area (Å²) in [5.41, 5.74) is 3.25. The van der Waals surface area contributed by atoms with Crippen molar-refractivity contribution in [2.45, 2.75) is 19.8 Å². The van der Waals surface area contributed by atoms with E-state index in [4.69, 9.17) is 0 Å². The molecule has 0 atom stereocenters. The molecule has 0 saturated heterocycles. The number of rotatable bonds is 7. The highest BCUT2D eigenvalue weighted by Gasteiger charge is 2.14. The van der Waals surface area contributed by atoms with Gasteiger partial charge in [0, 0.05) is 30.6 Å². The molecule has 0 saturated carbocycles. The van der Waals surface area contributed by atoms with Crippen molar-refractivity contribution in [3.8, 4) is 10.4 Å². The summed E-state index contributed by atoms with van der Waals surface area (Å²) in [7, 11) is 1.96. The van der Waals surface area contributed by atoms with Crippen LogP contribution in [0.4, 0.5) is 11.5 Å². The summed E-state index contributed by atoms with van der Waals surface area (Å²) in [6.07, 6.45) is 2.96. The third kappa shape index (κ3) is 4.49. The molecular formula is C24H24N4OS. The lowest BCUT2D eigenvalue weighted by Crippen LogP contribution is -2.24. The first kappa shape index (κ1) is 20.0. The van der Waals surface area contributed by atoms with Crippen LogP contribution in [0.2, 0.25) is 0 Å². The average Bonchev–Trinajstić information content (AvgIpc) is 3.23. The maximum absolute atomic E-state index is 12.4. The second-order valence-corrected chi connectivity index (χ2v) is 8.19. The molecule has 0 aliphatic rings. The van der Waals surface area contributed by atoms with E-state index >= 15 is 0 Å². The van der Waals surface area contributed by atoms with Gasteiger partial charge in [-0.05, 0) is 35.7 Å². The van der Waals surface area contributed by atoms with E-state index in [9.17, 15) is 4.79 Å². The molecule has 0 aliphatic heterocycles. The Bertz CT molecular complexity index is 1140. The number of benzene rings is 2. The number of nitrogens with zero attached hydrogens (tertiary/aromatic N) is 3. The van der Waals surface area contributed by atoms with Crippen molar-refractivity contribution < 1.29 is 4.79 Å². The van der Waals surface area contributed by atoms with Crippen LogP contribution in [-0.2, 0) is 11.2 Å². The third-order valence-corrected chi connectivity index (χ3v) is 6.14. The van der Waals surface area contributed by atoms with Gasteiger partial charge in [0.1, 0.15) is 17.0 Å². The van der Waals surface area contributed by atoms with E-state index in [0.717, 1.165) is 33.0 Å². The van der Waals surface area contributed by atoms with Crippen LogP contribution >= 0.6 is 11.3 Å². The lowest BCUT2D eigenvalue weighted by molar-refractivity contribution is -0.116. The van der Waals surface area contributed by atoms with E-state index in [-0.39, 0.29) is 5.91 Å². The van der Waals surface area contributed by atoms with Gasteiger partial charge in [-0.3, -0.25) is 4.79 Å². The highest BCUT2D eigenvalue weighted by Crippen LogP contribution is 2.35. The fraction of sp³-hybridized carbons (Fsp3) is 0.208. The van der Waals surface area contributed by atoms with Gasteiger partial charge in [-0.2, -0.15) is 0 Å². The van der Waals surface area contributed by atoms with Gasteiger partial charge in [0.25, 0.3) is 0 Å². The van der Waals surface area contributed by atoms with Crippen molar-refractivity contribution in [3.05, 3.63) is 72.6 Å². The Morgan fingerprint density at radius 2 is 1.83 bits per heavy atom. The monoisotopic (exact) mass is 416 g/mol. The summed E-state index contributed by atoms with van der Waals surface area (Å²) in [5, 5.41) is 3.98. The first-order valence-corrected chi connectivity index (χ1v) is 10.9. The number of amides is 1. The second kappa shape index (κ2) is 9.05. The lowest BCUT2D eigenvalue weighted by Gasteiger charge is -2.18. The molecule has 0 aliphatic carbocycles. The number of fused-ring (bicyclic) bond motifs is 1. The highest BCUT2D eigenvalue weighted by atomic mass is 32.1. The van der Waals surface area contributed by atoms with Gasteiger partial charge >= 0.3 is 0 Å². The fourth-order valence-electron chi connectivity index (χ4n) is 3.31. The molecule has 5 nitrogen and oxygen atoms in total. The molecule has 1 amide bonds. The predicted octanol–water partition coefficient (Wildman–Crippen LogP) is 5.39. The number of hydrogen-bond donors (Lipinski definition) is 1. The summed E-state index contributed by atoms with van der Waals surface area (Å²) in [5.74, 6) is 0.838. The van der Waals surface area contributed by atoms with Crippen LogP contribution in [0.15, 0.2) is 67.0 Å². The predicted molar refractivity (Wildman–Crippen MR) is 125 cm³/mol. The second-order valence-electron chi connectivity index (χ2n) is 7.16. The SMILES string of the molecule is CCc1ccc(NC(=O)CCN(C)c2ncnc3sc(-c4ccccc4)cc23)cc1. The lowest BCUT2D eigenvalue weighted by atomic mass is 10.1. The van der Waals surface area contributed by atoms with E-state index < -0.39 is 0 Å². The molecule has 4 rings (SSSR count). The Morgan fingerprint density at radius 3 is 2.57 bits per heavy atom. The molecule has 30 heavy (non-hydrogen) atoms. The summed E-state index contributed by atoms with van der Waals surface area (Å²) in [4.78, 5) is 25.4. The molecule has 2 aromatic heterocycles. The van der Waals surface area contributed by atoms with Crippen molar-refractivity contribution in [2.24, 2.45) is 0 Å². The Balaban J connectivity index is 1.44. The van der Waals surface area contributed by atoms with Crippen molar-refractivity contribution in [1.82, 2.24) is 9.97 Å². The fourth-order valence-corrected chi connectivity index (χ4v) is 4.31. The van der Waals surface area contributed by atoms with Crippen LogP contribution in [0.3, 0.4) is 0 Å². The van der Waals surface area contributed by atoms with Crippen LogP contribution < -0.4 is 10.2 Å². The molecule has 0 unspecified atom stereocenters. The average molecular weight is 417 g/mol. The van der Waals surface area contributed by atoms with E-state index in [1.165, 1.54) is 11.1 Å². The number of anilines is 2. The third-order valence-electron chi connectivity index (χ3n) is 5.05. The molecule has 0 bridgehead atoms. The van der Waals surface area contributed by atoms with Crippen molar-refractivity contribution in [1.29, 1.82) is 0 Å². The smallest absolute Gasteiger partial charge is 0.226 e. The Hall–Kier alpha value is -3.25. The number of nitrogens with one attached hydrogen (secondary N) is 1. The minimum absolute atomic E-state index is 0.00769. The molecule has 1 N–H and O–H groups in total. The Kier molecular flexibility index (Phi) is 6.05. The number of thiophene rings is 1. The maximum Gasteiger partial charge on any atom is 0.226 e. The van der Waals surface area contributed by atoms with Gasteiger partial charge in [0.15, 0.2) is 0 Å². The van der Waals surface area contributed by atoms with Gasteiger partial charge in [-0.1, -0.05) is 49.4 Å². The van der Waals surface area contributed by atoms with Gasteiger partial charge in [-0.15, -0.1) is 11.3 Å². The zero-order valence-corrected chi connectivity index (χ0v) is 17.9. The molecule has 6 heteroatoms. The molecule has 2 heterocycles. The molecule has 0 fully saturated rings. The van der Waals surface area contributed by atoms with Gasteiger partial charge in [0.05, 0.1) is 5.39 Å². The van der Waals surface area contributed by atoms with Gasteiger partial charge in [0.2, 0.25) is 5.91 Å². The number of aryl methyl sites for hydroxylation is 1. The molecule has 2 aromatic carbocycles. The van der Waals surface area contributed by atoms with Crippen LogP contribution in [0.25, 0.3) is 20.7 Å². The first-order chi connectivity index (χ1) is 14.6. The Morgan fingerprint density at radius 1 is 1.07 bits per heavy atom. The number of hydrogen-bond acceptors (Lipinski definition) is 5. The van der Waals surface area contributed by atoms with Crippen LogP contribution in [0.1, 0.15) is 18.9 Å². The summed E-state index contributed by atoms with van der Waals surface area (Å²) >= 11 is 1.65. The van der Waals surface area contributed by atoms with E-state index in [0.29, 0.717) is 13.0 Å². The molecule has 0 radical (unpaired) electrons. The van der Waals surface area contributed by atoms with Crippen LogP contribution in [0, 0.1) is 0 Å². The number of carbonyl (C=O) groups is 1. The minimum Gasteiger partial charge on any atom is -0.359 e. The zero-order chi connectivity index (χ0) is 20.9. The number of carbonyl (C=O) groups excluding carboxylic acids is 1. The van der Waals surface area contributed by atoms with Gasteiger partial charge in [-0.25, -0.2) is 9.97 Å². The van der Waals surface area contributed by atoms with Crippen molar-refractivity contribution in [2.75, 3.05) is 23.8 Å².